The average molecular weight is 325 g/mol. The maximum atomic E-state index is 11.1. The molecule has 0 saturated carbocycles. The standard InChI is InChI=1S/C19H23N3O2/c1-2-3-10-21-17-8-4-13-11-15(6-7-16(13)17)24-18-9-5-14(12-22-18)19(20)23/h5-7,9,11-12,17,21H,2-4,8,10H2,1H3,(H2,20,23). The summed E-state index contributed by atoms with van der Waals surface area (Å²) in [6.45, 7) is 3.27. The molecule has 3 N–H and O–H groups in total. The number of aryl methyl sites for hydroxylation is 1. The van der Waals surface area contributed by atoms with Gasteiger partial charge in [0.2, 0.25) is 11.8 Å². The summed E-state index contributed by atoms with van der Waals surface area (Å²) < 4.78 is 5.79. The van der Waals surface area contributed by atoms with Crippen molar-refractivity contribution in [2.75, 3.05) is 6.54 Å². The first kappa shape index (κ1) is 16.5. The van der Waals surface area contributed by atoms with E-state index in [0.717, 1.165) is 25.1 Å². The Labute approximate surface area is 142 Å². The molecule has 1 aliphatic carbocycles. The lowest BCUT2D eigenvalue weighted by atomic mass is 10.1. The molecule has 2 aromatic rings. The van der Waals surface area contributed by atoms with E-state index in [4.69, 9.17) is 10.5 Å². The number of carbonyl (C=O) groups is 1. The fraction of sp³-hybridized carbons (Fsp3) is 0.368. The van der Waals surface area contributed by atoms with Gasteiger partial charge in [0.15, 0.2) is 0 Å². The molecule has 1 heterocycles. The smallest absolute Gasteiger partial charge is 0.250 e. The molecule has 1 unspecified atom stereocenters. The second-order valence-corrected chi connectivity index (χ2v) is 6.11. The number of nitrogens with two attached hydrogens (primary N) is 1. The third kappa shape index (κ3) is 3.74. The lowest BCUT2D eigenvalue weighted by Gasteiger charge is -2.14. The minimum absolute atomic E-state index is 0.372. The van der Waals surface area contributed by atoms with Gasteiger partial charge in [0, 0.05) is 18.3 Å². The number of nitrogens with one attached hydrogen (secondary N) is 1. The Kier molecular flexibility index (Phi) is 5.11. The second-order valence-electron chi connectivity index (χ2n) is 6.11. The molecule has 5 heteroatoms. The first-order valence-electron chi connectivity index (χ1n) is 8.47. The maximum Gasteiger partial charge on any atom is 0.250 e. The largest absolute Gasteiger partial charge is 0.439 e. The van der Waals surface area contributed by atoms with Gasteiger partial charge in [-0.3, -0.25) is 4.79 Å². The number of aromatic nitrogens is 1. The first-order valence-corrected chi connectivity index (χ1v) is 8.47. The van der Waals surface area contributed by atoms with Gasteiger partial charge in [-0.25, -0.2) is 4.98 Å². The Bertz CT molecular complexity index is 713. The minimum Gasteiger partial charge on any atom is -0.439 e. The van der Waals surface area contributed by atoms with Crippen LogP contribution in [0.15, 0.2) is 36.5 Å². The molecule has 0 radical (unpaired) electrons. The van der Waals surface area contributed by atoms with E-state index in [1.54, 1.807) is 12.1 Å². The van der Waals surface area contributed by atoms with Gasteiger partial charge >= 0.3 is 0 Å². The fourth-order valence-electron chi connectivity index (χ4n) is 3.03. The highest BCUT2D eigenvalue weighted by Crippen LogP contribution is 2.34. The number of hydrogen-bond acceptors (Lipinski definition) is 4. The van der Waals surface area contributed by atoms with E-state index in [2.05, 4.69) is 29.4 Å². The summed E-state index contributed by atoms with van der Waals surface area (Å²) in [7, 11) is 0. The molecule has 126 valence electrons. The SMILES string of the molecule is CCCCNC1CCc2cc(Oc3ccc(C(N)=O)cn3)ccc21. The van der Waals surface area contributed by atoms with Gasteiger partial charge in [-0.05, 0) is 55.1 Å². The predicted molar refractivity (Wildman–Crippen MR) is 93.2 cm³/mol. The van der Waals surface area contributed by atoms with Crippen molar-refractivity contribution in [2.24, 2.45) is 5.73 Å². The number of primary amides is 1. The van der Waals surface area contributed by atoms with E-state index < -0.39 is 5.91 Å². The van der Waals surface area contributed by atoms with E-state index in [1.165, 1.54) is 30.2 Å². The number of ether oxygens (including phenoxy) is 1. The fourth-order valence-corrected chi connectivity index (χ4v) is 3.03. The van der Waals surface area contributed by atoms with Gasteiger partial charge < -0.3 is 15.8 Å². The van der Waals surface area contributed by atoms with Gasteiger partial charge in [-0.1, -0.05) is 19.4 Å². The normalized spacial score (nSPS) is 16.0. The van der Waals surface area contributed by atoms with Gasteiger partial charge in [-0.2, -0.15) is 0 Å². The van der Waals surface area contributed by atoms with Crippen LogP contribution in [0, 0.1) is 0 Å². The van der Waals surface area contributed by atoms with Crippen molar-refractivity contribution >= 4 is 5.91 Å². The number of amides is 1. The van der Waals surface area contributed by atoms with Crippen molar-refractivity contribution in [3.63, 3.8) is 0 Å². The summed E-state index contributed by atoms with van der Waals surface area (Å²) in [5.41, 5.74) is 8.28. The number of rotatable bonds is 7. The zero-order valence-electron chi connectivity index (χ0n) is 13.9. The van der Waals surface area contributed by atoms with Crippen LogP contribution in [0.3, 0.4) is 0 Å². The van der Waals surface area contributed by atoms with Crippen LogP contribution in [-0.2, 0) is 6.42 Å². The molecule has 0 spiro atoms. The molecule has 3 rings (SSSR count). The van der Waals surface area contributed by atoms with Crippen LogP contribution in [0.25, 0.3) is 0 Å². The van der Waals surface area contributed by atoms with Crippen molar-refractivity contribution in [3.8, 4) is 11.6 Å². The van der Waals surface area contributed by atoms with Crippen LogP contribution >= 0.6 is 0 Å². The molecule has 1 amide bonds. The Morgan fingerprint density at radius 3 is 2.96 bits per heavy atom. The molecule has 0 fully saturated rings. The summed E-state index contributed by atoms with van der Waals surface area (Å²) in [5, 5.41) is 3.63. The number of pyridine rings is 1. The molecule has 24 heavy (non-hydrogen) atoms. The molecule has 0 aliphatic heterocycles. The third-order valence-corrected chi connectivity index (χ3v) is 4.36. The zero-order chi connectivity index (χ0) is 16.9. The Balaban J connectivity index is 1.67. The molecular weight excluding hydrogens is 302 g/mol. The van der Waals surface area contributed by atoms with Gasteiger partial charge in [0.05, 0.1) is 5.56 Å². The number of carbonyl (C=O) groups excluding carboxylic acids is 1. The zero-order valence-corrected chi connectivity index (χ0v) is 13.9. The quantitative estimate of drug-likeness (QED) is 0.765. The molecule has 1 aromatic heterocycles. The Morgan fingerprint density at radius 1 is 1.38 bits per heavy atom. The summed E-state index contributed by atoms with van der Waals surface area (Å²) in [4.78, 5) is 15.2. The highest BCUT2D eigenvalue weighted by atomic mass is 16.5. The monoisotopic (exact) mass is 325 g/mol. The number of nitrogens with zero attached hydrogens (tertiary/aromatic N) is 1. The van der Waals surface area contributed by atoms with Crippen molar-refractivity contribution < 1.29 is 9.53 Å². The Hall–Kier alpha value is -2.40. The van der Waals surface area contributed by atoms with Gasteiger partial charge in [0.25, 0.3) is 0 Å². The first-order chi connectivity index (χ1) is 11.7. The number of fused-ring (bicyclic) bond motifs is 1. The van der Waals surface area contributed by atoms with E-state index in [9.17, 15) is 4.79 Å². The van der Waals surface area contributed by atoms with Crippen LogP contribution in [0.2, 0.25) is 0 Å². The maximum absolute atomic E-state index is 11.1. The van der Waals surface area contributed by atoms with E-state index in [1.807, 2.05) is 6.07 Å². The predicted octanol–water partition coefficient (Wildman–Crippen LogP) is 3.35. The molecule has 0 saturated heterocycles. The van der Waals surface area contributed by atoms with Crippen molar-refractivity contribution in [3.05, 3.63) is 53.2 Å². The number of benzene rings is 1. The van der Waals surface area contributed by atoms with Crippen molar-refractivity contribution in [2.45, 2.75) is 38.6 Å². The van der Waals surface area contributed by atoms with Gasteiger partial charge in [-0.15, -0.1) is 0 Å². The number of hydrogen-bond donors (Lipinski definition) is 2. The van der Waals surface area contributed by atoms with E-state index in [0.29, 0.717) is 17.5 Å². The third-order valence-electron chi connectivity index (χ3n) is 4.36. The molecule has 1 aliphatic rings. The van der Waals surface area contributed by atoms with Crippen molar-refractivity contribution in [1.29, 1.82) is 0 Å². The van der Waals surface area contributed by atoms with Crippen LogP contribution in [0.4, 0.5) is 0 Å². The van der Waals surface area contributed by atoms with Gasteiger partial charge in [0.1, 0.15) is 5.75 Å². The summed E-state index contributed by atoms with van der Waals surface area (Å²) >= 11 is 0. The molecule has 1 aromatic carbocycles. The average Bonchev–Trinajstić information content (AvgIpc) is 2.98. The molecule has 0 bridgehead atoms. The van der Waals surface area contributed by atoms with Crippen LogP contribution in [-0.4, -0.2) is 17.4 Å². The van der Waals surface area contributed by atoms with Crippen LogP contribution in [0.1, 0.15) is 53.7 Å². The van der Waals surface area contributed by atoms with E-state index >= 15 is 0 Å². The lowest BCUT2D eigenvalue weighted by molar-refractivity contribution is 0.1000. The van der Waals surface area contributed by atoms with Crippen molar-refractivity contribution in [1.82, 2.24) is 10.3 Å². The topological polar surface area (TPSA) is 77.2 Å². The highest BCUT2D eigenvalue weighted by molar-refractivity contribution is 5.92. The molecule has 1 atom stereocenters. The molecule has 5 nitrogen and oxygen atoms in total. The summed E-state index contributed by atoms with van der Waals surface area (Å²) in [5.74, 6) is 0.728. The lowest BCUT2D eigenvalue weighted by Crippen LogP contribution is -2.20. The van der Waals surface area contributed by atoms with Crippen LogP contribution < -0.4 is 15.8 Å². The van der Waals surface area contributed by atoms with Crippen LogP contribution in [0.5, 0.6) is 11.6 Å². The number of unbranched alkanes of at least 4 members (excludes halogenated alkanes) is 1. The molecular formula is C19H23N3O2. The Morgan fingerprint density at radius 2 is 2.25 bits per heavy atom. The second kappa shape index (κ2) is 7.45. The summed E-state index contributed by atoms with van der Waals surface area (Å²) in [6, 6.07) is 9.92. The minimum atomic E-state index is -0.492. The highest BCUT2D eigenvalue weighted by Gasteiger charge is 2.22. The van der Waals surface area contributed by atoms with E-state index in [-0.39, 0.29) is 0 Å². The summed E-state index contributed by atoms with van der Waals surface area (Å²) in [6.07, 6.45) is 6.04.